The van der Waals surface area contributed by atoms with Crippen molar-refractivity contribution in [2.24, 2.45) is 0 Å². The minimum atomic E-state index is -1.29. The molecule has 1 aromatic rings. The smallest absolute Gasteiger partial charge is 0.407 e. The molecule has 1 amide bonds. The molecule has 1 aliphatic carbocycles. The summed E-state index contributed by atoms with van der Waals surface area (Å²) in [6.45, 7) is 5.23. The van der Waals surface area contributed by atoms with E-state index in [-0.39, 0.29) is 24.4 Å². The fourth-order valence-electron chi connectivity index (χ4n) is 2.72. The Bertz CT molecular complexity index is 588. The van der Waals surface area contributed by atoms with Crippen LogP contribution in [0.2, 0.25) is 0 Å². The minimum absolute atomic E-state index is 0.141. The number of amides is 1. The van der Waals surface area contributed by atoms with Crippen LogP contribution in [0.3, 0.4) is 0 Å². The molecule has 0 heterocycles. The molecule has 1 aliphatic rings. The summed E-state index contributed by atoms with van der Waals surface area (Å²) < 4.78 is 19.0. The molecule has 6 heteroatoms. The summed E-state index contributed by atoms with van der Waals surface area (Å²) in [6.07, 6.45) is -0.310. The van der Waals surface area contributed by atoms with E-state index in [0.717, 1.165) is 0 Å². The van der Waals surface area contributed by atoms with E-state index in [2.05, 4.69) is 5.32 Å². The Morgan fingerprint density at radius 1 is 1.32 bits per heavy atom. The third kappa shape index (κ3) is 3.21. The van der Waals surface area contributed by atoms with Gasteiger partial charge in [-0.1, -0.05) is 18.2 Å². The molecule has 0 atom stereocenters. The molecule has 0 aromatic heterocycles. The Morgan fingerprint density at radius 3 is 2.41 bits per heavy atom. The van der Waals surface area contributed by atoms with E-state index in [0.29, 0.717) is 0 Å². The maximum atomic E-state index is 13.9. The Hall–Kier alpha value is -2.11. The number of halogens is 1. The second kappa shape index (κ2) is 5.59. The van der Waals surface area contributed by atoms with Crippen molar-refractivity contribution >= 4 is 12.1 Å². The molecule has 0 aliphatic heterocycles. The Kier molecular flexibility index (Phi) is 4.13. The number of hydrogen-bond acceptors (Lipinski definition) is 3. The predicted octanol–water partition coefficient (Wildman–Crippen LogP) is 2.84. The zero-order valence-corrected chi connectivity index (χ0v) is 12.9. The molecule has 22 heavy (non-hydrogen) atoms. The summed E-state index contributed by atoms with van der Waals surface area (Å²) in [7, 11) is 0. The van der Waals surface area contributed by atoms with Crippen LogP contribution < -0.4 is 5.32 Å². The van der Waals surface area contributed by atoms with Crippen molar-refractivity contribution in [2.45, 2.75) is 50.7 Å². The van der Waals surface area contributed by atoms with E-state index in [1.807, 2.05) is 0 Å². The maximum absolute atomic E-state index is 13.9. The highest BCUT2D eigenvalue weighted by atomic mass is 19.1. The topological polar surface area (TPSA) is 75.6 Å². The number of ether oxygens (including phenoxy) is 1. The quantitative estimate of drug-likeness (QED) is 0.900. The molecular weight excluding hydrogens is 289 g/mol. The monoisotopic (exact) mass is 309 g/mol. The zero-order chi connectivity index (χ0) is 16.5. The highest BCUT2D eigenvalue weighted by Crippen LogP contribution is 2.45. The van der Waals surface area contributed by atoms with Crippen LogP contribution >= 0.6 is 0 Å². The van der Waals surface area contributed by atoms with E-state index in [4.69, 9.17) is 4.74 Å². The van der Waals surface area contributed by atoms with Gasteiger partial charge in [-0.3, -0.25) is 4.79 Å². The number of benzene rings is 1. The number of carbonyl (C=O) groups is 2. The van der Waals surface area contributed by atoms with Gasteiger partial charge in [0, 0.05) is 11.6 Å². The molecule has 2 N–H and O–H groups in total. The lowest BCUT2D eigenvalue weighted by molar-refractivity contribution is -0.148. The van der Waals surface area contributed by atoms with Gasteiger partial charge in [0.25, 0.3) is 0 Å². The lowest BCUT2D eigenvalue weighted by atomic mass is 9.61. The number of carboxylic acid groups (broad SMARTS) is 1. The Balaban J connectivity index is 2.06. The standard InChI is InChI=1S/C16H20FNO4/c1-15(2,3)22-14(21)18-10-8-16(9-10,13(19)20)11-6-4-5-7-12(11)17/h4-7,10H,8-9H2,1-3H3,(H,18,21)(H,19,20). The number of rotatable bonds is 3. The summed E-state index contributed by atoms with van der Waals surface area (Å²) in [5.41, 5.74) is -1.75. The zero-order valence-electron chi connectivity index (χ0n) is 12.9. The van der Waals surface area contributed by atoms with Crippen molar-refractivity contribution < 1.29 is 23.8 Å². The Morgan fingerprint density at radius 2 is 1.91 bits per heavy atom. The van der Waals surface area contributed by atoms with Gasteiger partial charge in [0.2, 0.25) is 0 Å². The fourth-order valence-corrected chi connectivity index (χ4v) is 2.72. The van der Waals surface area contributed by atoms with Crippen molar-refractivity contribution in [2.75, 3.05) is 0 Å². The van der Waals surface area contributed by atoms with Crippen LogP contribution in [0.25, 0.3) is 0 Å². The van der Waals surface area contributed by atoms with E-state index in [1.165, 1.54) is 18.2 Å². The summed E-state index contributed by atoms with van der Waals surface area (Å²) >= 11 is 0. The molecular formula is C16H20FNO4. The summed E-state index contributed by atoms with van der Waals surface area (Å²) in [6, 6.07) is 5.51. The molecule has 0 bridgehead atoms. The lowest BCUT2D eigenvalue weighted by Crippen LogP contribution is -2.57. The van der Waals surface area contributed by atoms with Gasteiger partial charge in [-0.05, 0) is 39.7 Å². The highest BCUT2D eigenvalue weighted by Gasteiger charge is 2.53. The largest absolute Gasteiger partial charge is 0.481 e. The molecule has 0 unspecified atom stereocenters. The van der Waals surface area contributed by atoms with Gasteiger partial charge in [-0.15, -0.1) is 0 Å². The first-order valence-corrected chi connectivity index (χ1v) is 7.12. The number of hydrogen-bond donors (Lipinski definition) is 2. The molecule has 1 fully saturated rings. The summed E-state index contributed by atoms with van der Waals surface area (Å²) in [5.74, 6) is -1.62. The van der Waals surface area contributed by atoms with Crippen LogP contribution in [-0.2, 0) is 14.9 Å². The van der Waals surface area contributed by atoms with Gasteiger partial charge < -0.3 is 15.2 Å². The van der Waals surface area contributed by atoms with Crippen LogP contribution in [0.4, 0.5) is 9.18 Å². The van der Waals surface area contributed by atoms with Gasteiger partial charge in [0.1, 0.15) is 11.4 Å². The van der Waals surface area contributed by atoms with Gasteiger partial charge in [0.05, 0.1) is 5.41 Å². The molecule has 2 rings (SSSR count). The Labute approximate surface area is 128 Å². The first kappa shape index (κ1) is 16.3. The van der Waals surface area contributed by atoms with Crippen LogP contribution in [0.5, 0.6) is 0 Å². The third-order valence-electron chi connectivity index (χ3n) is 3.71. The van der Waals surface area contributed by atoms with Gasteiger partial charge in [0.15, 0.2) is 0 Å². The molecule has 0 saturated heterocycles. The maximum Gasteiger partial charge on any atom is 0.407 e. The second-order valence-electron chi connectivity index (χ2n) is 6.62. The van der Waals surface area contributed by atoms with Crippen molar-refractivity contribution in [1.82, 2.24) is 5.32 Å². The average molecular weight is 309 g/mol. The number of carboxylic acids is 1. The normalized spacial score (nSPS) is 24.3. The molecule has 1 aromatic carbocycles. The van der Waals surface area contributed by atoms with Crippen LogP contribution in [0, 0.1) is 5.82 Å². The lowest BCUT2D eigenvalue weighted by Gasteiger charge is -2.44. The summed E-state index contributed by atoms with van der Waals surface area (Å²) in [4.78, 5) is 23.3. The molecule has 5 nitrogen and oxygen atoms in total. The van der Waals surface area contributed by atoms with E-state index in [1.54, 1.807) is 26.8 Å². The van der Waals surface area contributed by atoms with Crippen molar-refractivity contribution in [1.29, 1.82) is 0 Å². The van der Waals surface area contributed by atoms with Crippen molar-refractivity contribution in [3.05, 3.63) is 35.6 Å². The first-order chi connectivity index (χ1) is 10.1. The third-order valence-corrected chi connectivity index (χ3v) is 3.71. The molecule has 120 valence electrons. The number of aliphatic carboxylic acids is 1. The van der Waals surface area contributed by atoms with Crippen molar-refractivity contribution in [3.63, 3.8) is 0 Å². The van der Waals surface area contributed by atoms with E-state index < -0.39 is 28.9 Å². The van der Waals surface area contributed by atoms with Crippen molar-refractivity contribution in [3.8, 4) is 0 Å². The van der Waals surface area contributed by atoms with E-state index in [9.17, 15) is 19.1 Å². The number of carbonyl (C=O) groups excluding carboxylic acids is 1. The molecule has 0 radical (unpaired) electrons. The SMILES string of the molecule is CC(C)(C)OC(=O)NC1CC(C(=O)O)(c2ccccc2F)C1. The van der Waals surface area contributed by atoms with Crippen LogP contribution in [0.15, 0.2) is 24.3 Å². The molecule has 1 saturated carbocycles. The van der Waals surface area contributed by atoms with Gasteiger partial charge in [-0.2, -0.15) is 0 Å². The molecule has 0 spiro atoms. The summed E-state index contributed by atoms with van der Waals surface area (Å²) in [5, 5.41) is 12.1. The number of alkyl carbamates (subject to hydrolysis) is 1. The minimum Gasteiger partial charge on any atom is -0.481 e. The van der Waals surface area contributed by atoms with Gasteiger partial charge in [-0.25, -0.2) is 9.18 Å². The average Bonchev–Trinajstić information content (AvgIpc) is 2.31. The van der Waals surface area contributed by atoms with E-state index >= 15 is 0 Å². The first-order valence-electron chi connectivity index (χ1n) is 7.12. The number of nitrogens with one attached hydrogen (secondary N) is 1. The van der Waals surface area contributed by atoms with Gasteiger partial charge >= 0.3 is 12.1 Å². The second-order valence-corrected chi connectivity index (χ2v) is 6.62. The predicted molar refractivity (Wildman–Crippen MR) is 78.1 cm³/mol. The van der Waals surface area contributed by atoms with Crippen LogP contribution in [0.1, 0.15) is 39.2 Å². The fraction of sp³-hybridized carbons (Fsp3) is 0.500. The highest BCUT2D eigenvalue weighted by molar-refractivity contribution is 5.83. The van der Waals surface area contributed by atoms with Crippen LogP contribution in [-0.4, -0.2) is 28.8 Å².